The third-order valence-electron chi connectivity index (χ3n) is 4.11. The molecule has 0 spiro atoms. The molecular weight excluding hydrogens is 328 g/mol. The zero-order valence-corrected chi connectivity index (χ0v) is 13.7. The van der Waals surface area contributed by atoms with Crippen LogP contribution in [0.2, 0.25) is 0 Å². The van der Waals surface area contributed by atoms with Gasteiger partial charge in [-0.05, 0) is 18.9 Å². The molecular formula is C17H18N2O6. The van der Waals surface area contributed by atoms with Crippen LogP contribution in [-0.2, 0) is 4.74 Å². The highest BCUT2D eigenvalue weighted by molar-refractivity contribution is 5.99. The Morgan fingerprint density at radius 1 is 1.28 bits per heavy atom. The van der Waals surface area contributed by atoms with Crippen molar-refractivity contribution < 1.29 is 23.9 Å². The van der Waals surface area contributed by atoms with E-state index < -0.39 is 10.8 Å². The van der Waals surface area contributed by atoms with E-state index in [0.29, 0.717) is 18.7 Å². The van der Waals surface area contributed by atoms with Gasteiger partial charge in [0.15, 0.2) is 11.5 Å². The molecule has 1 N–H and O–H groups in total. The highest BCUT2D eigenvalue weighted by atomic mass is 16.7. The number of rotatable bonds is 6. The maximum atomic E-state index is 12.3. The summed E-state index contributed by atoms with van der Waals surface area (Å²) in [4.78, 5) is 23.0. The Bertz CT molecular complexity index is 769. The number of nitro benzene ring substituents is 1. The number of benzene rings is 1. The number of nitrogens with one attached hydrogen (secondary N) is 1. The first-order chi connectivity index (χ1) is 12.1. The second-order valence-electron chi connectivity index (χ2n) is 5.63. The van der Waals surface area contributed by atoms with Crippen LogP contribution in [0.3, 0.4) is 0 Å². The van der Waals surface area contributed by atoms with Crippen LogP contribution < -0.4 is 14.8 Å². The molecule has 0 radical (unpaired) electrons. The van der Waals surface area contributed by atoms with Crippen molar-refractivity contribution in [2.24, 2.45) is 0 Å². The Balaban J connectivity index is 1.62. The summed E-state index contributed by atoms with van der Waals surface area (Å²) in [6, 6.07) is 2.57. The van der Waals surface area contributed by atoms with E-state index in [-0.39, 0.29) is 23.8 Å². The molecule has 1 aliphatic carbocycles. The van der Waals surface area contributed by atoms with E-state index in [1.165, 1.54) is 17.7 Å². The lowest BCUT2D eigenvalue weighted by atomic mass is 10.0. The average Bonchev–Trinajstić information content (AvgIpc) is 3.08. The van der Waals surface area contributed by atoms with Gasteiger partial charge in [0.1, 0.15) is 5.56 Å². The first-order valence-corrected chi connectivity index (χ1v) is 7.85. The Kier molecular flexibility index (Phi) is 4.87. The molecule has 2 aliphatic rings. The van der Waals surface area contributed by atoms with Gasteiger partial charge in [0.2, 0.25) is 6.79 Å². The summed E-state index contributed by atoms with van der Waals surface area (Å²) < 4.78 is 15.5. The molecule has 132 valence electrons. The van der Waals surface area contributed by atoms with Gasteiger partial charge < -0.3 is 19.5 Å². The van der Waals surface area contributed by atoms with Crippen molar-refractivity contribution in [3.8, 4) is 11.5 Å². The predicted molar refractivity (Wildman–Crippen MR) is 88.6 cm³/mol. The molecule has 0 atom stereocenters. The Morgan fingerprint density at radius 3 is 2.68 bits per heavy atom. The van der Waals surface area contributed by atoms with Crippen molar-refractivity contribution >= 4 is 11.6 Å². The van der Waals surface area contributed by atoms with Crippen molar-refractivity contribution in [3.05, 3.63) is 51.3 Å². The van der Waals surface area contributed by atoms with Crippen LogP contribution >= 0.6 is 0 Å². The van der Waals surface area contributed by atoms with Crippen molar-refractivity contribution in [2.75, 3.05) is 20.4 Å². The van der Waals surface area contributed by atoms with Crippen LogP contribution in [0.25, 0.3) is 0 Å². The van der Waals surface area contributed by atoms with Crippen LogP contribution in [-0.4, -0.2) is 31.3 Å². The number of methoxy groups -OCH3 is 1. The van der Waals surface area contributed by atoms with Gasteiger partial charge in [0.25, 0.3) is 11.6 Å². The Morgan fingerprint density at radius 2 is 2.04 bits per heavy atom. The number of amides is 1. The molecule has 0 fully saturated rings. The quantitative estimate of drug-likeness (QED) is 0.483. The molecule has 1 heterocycles. The number of ether oxygens (including phenoxy) is 3. The fourth-order valence-electron chi connectivity index (χ4n) is 2.72. The lowest BCUT2D eigenvalue weighted by molar-refractivity contribution is -0.385. The predicted octanol–water partition coefficient (Wildman–Crippen LogP) is 2.69. The lowest BCUT2D eigenvalue weighted by Gasteiger charge is -2.13. The summed E-state index contributed by atoms with van der Waals surface area (Å²) >= 11 is 0. The van der Waals surface area contributed by atoms with E-state index in [1.807, 2.05) is 6.08 Å². The number of allylic oxidation sites excluding steroid dienone is 2. The molecule has 0 unspecified atom stereocenters. The van der Waals surface area contributed by atoms with E-state index >= 15 is 0 Å². The maximum Gasteiger partial charge on any atom is 0.286 e. The number of hydrogen-bond acceptors (Lipinski definition) is 6. The summed E-state index contributed by atoms with van der Waals surface area (Å²) in [5, 5.41) is 13.9. The molecule has 1 amide bonds. The molecule has 0 saturated heterocycles. The molecule has 0 saturated carbocycles. The van der Waals surface area contributed by atoms with Crippen LogP contribution in [0.1, 0.15) is 29.6 Å². The van der Waals surface area contributed by atoms with Crippen LogP contribution in [0.5, 0.6) is 11.5 Å². The van der Waals surface area contributed by atoms with Crippen molar-refractivity contribution in [1.29, 1.82) is 0 Å². The minimum Gasteiger partial charge on any atom is -0.501 e. The number of carbonyl (C=O) groups excluding carboxylic acids is 1. The minimum absolute atomic E-state index is 0.0112. The Labute approximate surface area is 144 Å². The molecule has 25 heavy (non-hydrogen) atoms. The van der Waals surface area contributed by atoms with E-state index in [1.54, 1.807) is 7.11 Å². The van der Waals surface area contributed by atoms with Gasteiger partial charge in [-0.15, -0.1) is 0 Å². The van der Waals surface area contributed by atoms with Gasteiger partial charge in [-0.25, -0.2) is 0 Å². The summed E-state index contributed by atoms with van der Waals surface area (Å²) in [5.41, 5.74) is 0.862. The van der Waals surface area contributed by atoms with Gasteiger partial charge in [0, 0.05) is 19.0 Å². The third-order valence-corrected chi connectivity index (χ3v) is 4.11. The smallest absolute Gasteiger partial charge is 0.286 e. The van der Waals surface area contributed by atoms with Crippen LogP contribution in [0, 0.1) is 10.1 Å². The van der Waals surface area contributed by atoms with Crippen LogP contribution in [0.4, 0.5) is 5.69 Å². The number of nitrogens with zero attached hydrogens (tertiary/aromatic N) is 1. The summed E-state index contributed by atoms with van der Waals surface area (Å²) in [7, 11) is 1.64. The second-order valence-corrected chi connectivity index (χ2v) is 5.63. The molecule has 3 rings (SSSR count). The summed E-state index contributed by atoms with van der Waals surface area (Å²) in [6.07, 6.45) is 6.29. The largest absolute Gasteiger partial charge is 0.501 e. The van der Waals surface area contributed by atoms with Gasteiger partial charge in [-0.2, -0.15) is 0 Å². The third kappa shape index (κ3) is 3.73. The fourth-order valence-corrected chi connectivity index (χ4v) is 2.72. The zero-order chi connectivity index (χ0) is 17.8. The monoisotopic (exact) mass is 346 g/mol. The SMILES string of the molecule is COC1=CCC(CCNC(=O)c2cc3c(cc2[N+](=O)[O-])OCO3)=CC1. The number of hydrogen-bond donors (Lipinski definition) is 1. The average molecular weight is 346 g/mol. The summed E-state index contributed by atoms with van der Waals surface area (Å²) in [6.45, 7) is 0.384. The van der Waals surface area contributed by atoms with Gasteiger partial charge in [-0.3, -0.25) is 14.9 Å². The van der Waals surface area contributed by atoms with E-state index in [0.717, 1.165) is 18.6 Å². The minimum atomic E-state index is -0.600. The maximum absolute atomic E-state index is 12.3. The normalized spacial score (nSPS) is 15.2. The fraction of sp³-hybridized carbons (Fsp3) is 0.353. The standard InChI is InChI=1S/C17H18N2O6/c1-23-12-4-2-11(3-5-12)6-7-18-17(20)13-8-15-16(25-10-24-15)9-14(13)19(21)22/h2,5,8-9H,3-4,6-7,10H2,1H3,(H,18,20). The summed E-state index contributed by atoms with van der Waals surface area (Å²) in [5.74, 6) is 1.04. The lowest BCUT2D eigenvalue weighted by Crippen LogP contribution is -2.25. The van der Waals surface area contributed by atoms with Gasteiger partial charge >= 0.3 is 0 Å². The Hall–Kier alpha value is -3.03. The second kappa shape index (κ2) is 7.25. The van der Waals surface area contributed by atoms with E-state index in [4.69, 9.17) is 14.2 Å². The van der Waals surface area contributed by atoms with Gasteiger partial charge in [0.05, 0.1) is 23.9 Å². The highest BCUT2D eigenvalue weighted by Crippen LogP contribution is 2.37. The molecule has 8 heteroatoms. The van der Waals surface area contributed by atoms with Crippen LogP contribution in [0.15, 0.2) is 35.6 Å². The molecule has 8 nitrogen and oxygen atoms in total. The molecule has 1 aliphatic heterocycles. The number of fused-ring (bicyclic) bond motifs is 1. The van der Waals surface area contributed by atoms with Gasteiger partial charge in [-0.1, -0.05) is 11.6 Å². The molecule has 1 aromatic carbocycles. The highest BCUT2D eigenvalue weighted by Gasteiger charge is 2.27. The number of nitro groups is 1. The van der Waals surface area contributed by atoms with Crippen molar-refractivity contribution in [2.45, 2.75) is 19.3 Å². The van der Waals surface area contributed by atoms with E-state index in [2.05, 4.69) is 11.4 Å². The first kappa shape index (κ1) is 16.8. The topological polar surface area (TPSA) is 99.9 Å². The van der Waals surface area contributed by atoms with Crippen molar-refractivity contribution in [1.82, 2.24) is 5.32 Å². The number of carbonyl (C=O) groups is 1. The molecule has 0 aromatic heterocycles. The molecule has 0 bridgehead atoms. The first-order valence-electron chi connectivity index (χ1n) is 7.85. The zero-order valence-electron chi connectivity index (χ0n) is 13.7. The van der Waals surface area contributed by atoms with Crippen molar-refractivity contribution in [3.63, 3.8) is 0 Å². The molecule has 1 aromatic rings. The van der Waals surface area contributed by atoms with E-state index in [9.17, 15) is 14.9 Å².